The number of carbonyl (C=O) groups excluding carboxylic acids is 2. The Bertz CT molecular complexity index is 975. The number of nitrogens with one attached hydrogen (secondary N) is 3. The summed E-state index contributed by atoms with van der Waals surface area (Å²) in [5, 5.41) is 9.30. The van der Waals surface area contributed by atoms with E-state index in [4.69, 9.17) is 27.6 Å². The molecule has 3 rings (SSSR count). The zero-order valence-corrected chi connectivity index (χ0v) is 16.2. The van der Waals surface area contributed by atoms with Crippen molar-refractivity contribution in [3.63, 3.8) is 0 Å². The third-order valence-corrected chi connectivity index (χ3v) is 4.33. The molecular weight excluding hydrogens is 401 g/mol. The van der Waals surface area contributed by atoms with E-state index >= 15 is 0 Å². The first-order chi connectivity index (χ1) is 13.5. The SMILES string of the molecule is O=C(CNc1cccc(C(=O)NCc2ccco2)c1)Nc1ccc(Cl)cc1Cl. The fourth-order valence-electron chi connectivity index (χ4n) is 2.42. The van der Waals surface area contributed by atoms with E-state index < -0.39 is 0 Å². The van der Waals surface area contributed by atoms with Gasteiger partial charge in [0.1, 0.15) is 5.76 Å². The lowest BCUT2D eigenvalue weighted by Crippen LogP contribution is -2.23. The highest BCUT2D eigenvalue weighted by Gasteiger charge is 2.09. The van der Waals surface area contributed by atoms with E-state index in [0.29, 0.717) is 39.3 Å². The van der Waals surface area contributed by atoms with Gasteiger partial charge in [-0.25, -0.2) is 0 Å². The number of amides is 2. The second-order valence-corrected chi connectivity index (χ2v) is 6.71. The van der Waals surface area contributed by atoms with Gasteiger partial charge in [0, 0.05) is 16.3 Å². The molecule has 0 aliphatic rings. The van der Waals surface area contributed by atoms with Crippen LogP contribution in [0.5, 0.6) is 0 Å². The minimum atomic E-state index is -0.281. The van der Waals surface area contributed by atoms with E-state index in [0.717, 1.165) is 0 Å². The van der Waals surface area contributed by atoms with Crippen LogP contribution < -0.4 is 16.0 Å². The average Bonchev–Trinajstić information content (AvgIpc) is 3.20. The van der Waals surface area contributed by atoms with Crippen molar-refractivity contribution < 1.29 is 14.0 Å². The van der Waals surface area contributed by atoms with Crippen molar-refractivity contribution in [1.29, 1.82) is 0 Å². The lowest BCUT2D eigenvalue weighted by molar-refractivity contribution is -0.114. The smallest absolute Gasteiger partial charge is 0.251 e. The Morgan fingerprint density at radius 1 is 1.00 bits per heavy atom. The van der Waals surface area contributed by atoms with Crippen LogP contribution in [0.15, 0.2) is 65.3 Å². The topological polar surface area (TPSA) is 83.4 Å². The molecule has 3 N–H and O–H groups in total. The number of rotatable bonds is 7. The Morgan fingerprint density at radius 3 is 2.61 bits per heavy atom. The first-order valence-corrected chi connectivity index (χ1v) is 9.16. The summed E-state index contributed by atoms with van der Waals surface area (Å²) in [5.74, 6) is 0.148. The van der Waals surface area contributed by atoms with Crippen molar-refractivity contribution >= 4 is 46.4 Å². The fraction of sp³-hybridized carbons (Fsp3) is 0.100. The van der Waals surface area contributed by atoms with Crippen molar-refractivity contribution in [2.75, 3.05) is 17.2 Å². The molecule has 144 valence electrons. The number of benzene rings is 2. The third-order valence-electron chi connectivity index (χ3n) is 3.79. The molecule has 0 unspecified atom stereocenters. The molecule has 0 saturated carbocycles. The normalized spacial score (nSPS) is 10.4. The van der Waals surface area contributed by atoms with Gasteiger partial charge in [0.25, 0.3) is 5.91 Å². The van der Waals surface area contributed by atoms with Gasteiger partial charge in [0.15, 0.2) is 0 Å². The summed E-state index contributed by atoms with van der Waals surface area (Å²) >= 11 is 11.9. The van der Waals surface area contributed by atoms with Crippen molar-refractivity contribution in [3.05, 3.63) is 82.2 Å². The van der Waals surface area contributed by atoms with Gasteiger partial charge in [0.05, 0.1) is 30.1 Å². The van der Waals surface area contributed by atoms with Crippen LogP contribution in [-0.2, 0) is 11.3 Å². The highest BCUT2D eigenvalue weighted by Crippen LogP contribution is 2.25. The minimum absolute atomic E-state index is 0.0103. The molecule has 0 aliphatic heterocycles. The Kier molecular flexibility index (Phi) is 6.57. The third kappa shape index (κ3) is 5.52. The number of carbonyl (C=O) groups is 2. The number of furan rings is 1. The summed E-state index contributed by atoms with van der Waals surface area (Å²) < 4.78 is 5.18. The predicted octanol–water partition coefficient (Wildman–Crippen LogP) is 4.57. The summed E-state index contributed by atoms with van der Waals surface area (Å²) in [5.41, 5.74) is 1.59. The van der Waals surface area contributed by atoms with Gasteiger partial charge < -0.3 is 20.4 Å². The summed E-state index contributed by atoms with van der Waals surface area (Å²) in [4.78, 5) is 24.4. The predicted molar refractivity (Wildman–Crippen MR) is 110 cm³/mol. The molecule has 1 heterocycles. The number of hydrogen-bond donors (Lipinski definition) is 3. The van der Waals surface area contributed by atoms with E-state index in [1.807, 2.05) is 0 Å². The van der Waals surface area contributed by atoms with Gasteiger partial charge in [-0.15, -0.1) is 0 Å². The van der Waals surface area contributed by atoms with E-state index in [1.165, 1.54) is 0 Å². The fourth-order valence-corrected chi connectivity index (χ4v) is 2.88. The second kappa shape index (κ2) is 9.30. The maximum Gasteiger partial charge on any atom is 0.251 e. The summed E-state index contributed by atoms with van der Waals surface area (Å²) in [6, 6.07) is 15.2. The molecule has 2 aromatic carbocycles. The molecular formula is C20H17Cl2N3O3. The molecule has 0 atom stereocenters. The Labute approximate surface area is 171 Å². The van der Waals surface area contributed by atoms with Crippen LogP contribution in [0.1, 0.15) is 16.1 Å². The molecule has 1 aromatic heterocycles. The molecule has 2 amide bonds. The van der Waals surface area contributed by atoms with Crippen molar-refractivity contribution in [1.82, 2.24) is 5.32 Å². The quantitative estimate of drug-likeness (QED) is 0.525. The Balaban J connectivity index is 1.53. The largest absolute Gasteiger partial charge is 0.467 e. The van der Waals surface area contributed by atoms with Gasteiger partial charge in [-0.3, -0.25) is 9.59 Å². The molecule has 28 heavy (non-hydrogen) atoms. The van der Waals surface area contributed by atoms with Crippen LogP contribution in [0.3, 0.4) is 0 Å². The standard InChI is InChI=1S/C20H17Cl2N3O3/c21-14-6-7-18(17(22)10-14)25-19(26)12-23-15-4-1-3-13(9-15)20(27)24-11-16-5-2-8-28-16/h1-10,23H,11-12H2,(H,24,27)(H,25,26). The van der Waals surface area contributed by atoms with Crippen LogP contribution in [0.2, 0.25) is 10.0 Å². The van der Waals surface area contributed by atoms with Crippen LogP contribution in [0.25, 0.3) is 0 Å². The molecule has 0 fully saturated rings. The van der Waals surface area contributed by atoms with Gasteiger partial charge in [0.2, 0.25) is 5.91 Å². The Hall–Kier alpha value is -2.96. The van der Waals surface area contributed by atoms with Crippen LogP contribution >= 0.6 is 23.2 Å². The lowest BCUT2D eigenvalue weighted by atomic mass is 10.2. The molecule has 0 bridgehead atoms. The van der Waals surface area contributed by atoms with Gasteiger partial charge in [-0.05, 0) is 48.5 Å². The van der Waals surface area contributed by atoms with Gasteiger partial charge >= 0.3 is 0 Å². The Morgan fingerprint density at radius 2 is 1.86 bits per heavy atom. The minimum Gasteiger partial charge on any atom is -0.467 e. The summed E-state index contributed by atoms with van der Waals surface area (Å²) in [6.07, 6.45) is 1.55. The van der Waals surface area contributed by atoms with Crippen LogP contribution in [0.4, 0.5) is 11.4 Å². The van der Waals surface area contributed by atoms with Crippen LogP contribution in [-0.4, -0.2) is 18.4 Å². The van der Waals surface area contributed by atoms with Crippen LogP contribution in [0, 0.1) is 0 Å². The second-order valence-electron chi connectivity index (χ2n) is 5.87. The highest BCUT2D eigenvalue weighted by atomic mass is 35.5. The van der Waals surface area contributed by atoms with Crippen molar-refractivity contribution in [3.8, 4) is 0 Å². The molecule has 8 heteroatoms. The van der Waals surface area contributed by atoms with E-state index in [-0.39, 0.29) is 18.4 Å². The van der Waals surface area contributed by atoms with Crippen molar-refractivity contribution in [2.45, 2.75) is 6.54 Å². The van der Waals surface area contributed by atoms with E-state index in [1.54, 1.807) is 60.9 Å². The zero-order valence-electron chi connectivity index (χ0n) is 14.7. The lowest BCUT2D eigenvalue weighted by Gasteiger charge is -2.10. The first-order valence-electron chi connectivity index (χ1n) is 8.40. The maximum atomic E-state index is 12.3. The summed E-state index contributed by atoms with van der Waals surface area (Å²) in [6.45, 7) is 0.310. The number of anilines is 2. The van der Waals surface area contributed by atoms with Gasteiger partial charge in [-0.1, -0.05) is 29.3 Å². The van der Waals surface area contributed by atoms with E-state index in [2.05, 4.69) is 16.0 Å². The molecule has 0 spiro atoms. The molecule has 6 nitrogen and oxygen atoms in total. The molecule has 3 aromatic rings. The first kappa shape index (κ1) is 19.8. The zero-order chi connectivity index (χ0) is 19.9. The number of hydrogen-bond acceptors (Lipinski definition) is 4. The van der Waals surface area contributed by atoms with Crippen molar-refractivity contribution in [2.24, 2.45) is 0 Å². The summed E-state index contributed by atoms with van der Waals surface area (Å²) in [7, 11) is 0. The molecule has 0 aliphatic carbocycles. The van der Waals surface area contributed by atoms with E-state index in [9.17, 15) is 9.59 Å². The highest BCUT2D eigenvalue weighted by molar-refractivity contribution is 6.36. The maximum absolute atomic E-state index is 12.3. The molecule has 0 radical (unpaired) electrons. The monoisotopic (exact) mass is 417 g/mol. The molecule has 0 saturated heterocycles. The average molecular weight is 418 g/mol. The number of halogens is 2. The van der Waals surface area contributed by atoms with Gasteiger partial charge in [-0.2, -0.15) is 0 Å².